The Balaban J connectivity index is 1.99. The molecule has 0 saturated heterocycles. The summed E-state index contributed by atoms with van der Waals surface area (Å²) in [4.78, 5) is 13.4. The van der Waals surface area contributed by atoms with E-state index in [0.717, 1.165) is 6.07 Å². The van der Waals surface area contributed by atoms with Crippen molar-refractivity contribution in [1.29, 1.82) is 0 Å². The Morgan fingerprint density at radius 3 is 2.50 bits per heavy atom. The molecule has 0 atom stereocenters. The molecule has 114 valence electrons. The van der Waals surface area contributed by atoms with Crippen molar-refractivity contribution in [2.45, 2.75) is 12.7 Å². The van der Waals surface area contributed by atoms with E-state index in [0.29, 0.717) is 11.4 Å². The number of ether oxygens (including phenoxy) is 1. The van der Waals surface area contributed by atoms with Crippen molar-refractivity contribution < 1.29 is 22.7 Å². The number of carbonyl (C=O) groups is 1. The fraction of sp³-hybridized carbons (Fsp3) is 0.188. The minimum Gasteiger partial charge on any atom is -0.482 e. The van der Waals surface area contributed by atoms with Crippen LogP contribution in [0.15, 0.2) is 48.5 Å². The second kappa shape index (κ2) is 5.36. The molecule has 0 spiro atoms. The van der Waals surface area contributed by atoms with Crippen LogP contribution in [0.5, 0.6) is 5.75 Å². The second-order valence-electron chi connectivity index (χ2n) is 4.89. The standard InChI is InChI=1S/C16H12F3NO2/c17-16(18,19)12-6-2-1-5-11(12)9-20-13-7-3-4-8-14(13)22-10-15(20)21/h1-8H,9-10H2. The van der Waals surface area contributed by atoms with Crippen LogP contribution in [0.3, 0.4) is 0 Å². The van der Waals surface area contributed by atoms with Crippen molar-refractivity contribution in [2.75, 3.05) is 11.5 Å². The Labute approximate surface area is 124 Å². The lowest BCUT2D eigenvalue weighted by atomic mass is 10.1. The van der Waals surface area contributed by atoms with Crippen LogP contribution >= 0.6 is 0 Å². The predicted molar refractivity (Wildman–Crippen MR) is 74.6 cm³/mol. The lowest BCUT2D eigenvalue weighted by Crippen LogP contribution is -2.38. The number of amides is 1. The molecule has 1 aliphatic heterocycles. The van der Waals surface area contributed by atoms with Gasteiger partial charge in [0.25, 0.3) is 5.91 Å². The number of hydrogen-bond donors (Lipinski definition) is 0. The number of nitrogens with zero attached hydrogens (tertiary/aromatic N) is 1. The number of rotatable bonds is 2. The summed E-state index contributed by atoms with van der Waals surface area (Å²) in [5.74, 6) is 0.127. The van der Waals surface area contributed by atoms with Gasteiger partial charge in [0.1, 0.15) is 5.75 Å². The maximum absolute atomic E-state index is 13.1. The van der Waals surface area contributed by atoms with Crippen LogP contribution in [0.4, 0.5) is 18.9 Å². The molecular formula is C16H12F3NO2. The molecule has 0 aliphatic carbocycles. The average Bonchev–Trinajstić information content (AvgIpc) is 2.50. The zero-order valence-electron chi connectivity index (χ0n) is 11.4. The zero-order valence-corrected chi connectivity index (χ0v) is 11.4. The molecular weight excluding hydrogens is 295 g/mol. The van der Waals surface area contributed by atoms with Gasteiger partial charge in [-0.05, 0) is 23.8 Å². The molecule has 0 saturated carbocycles. The Hall–Kier alpha value is -2.50. The van der Waals surface area contributed by atoms with E-state index in [1.165, 1.54) is 23.1 Å². The topological polar surface area (TPSA) is 29.5 Å². The fourth-order valence-corrected chi connectivity index (χ4v) is 2.43. The van der Waals surface area contributed by atoms with Crippen LogP contribution in [0, 0.1) is 0 Å². The molecule has 0 N–H and O–H groups in total. The van der Waals surface area contributed by atoms with Gasteiger partial charge in [0.2, 0.25) is 0 Å². The molecule has 6 heteroatoms. The lowest BCUT2D eigenvalue weighted by molar-refractivity contribution is -0.138. The molecule has 1 amide bonds. The molecule has 2 aromatic carbocycles. The van der Waals surface area contributed by atoms with Gasteiger partial charge in [-0.3, -0.25) is 4.79 Å². The van der Waals surface area contributed by atoms with Crippen LogP contribution in [0.2, 0.25) is 0 Å². The molecule has 22 heavy (non-hydrogen) atoms. The Kier molecular flexibility index (Phi) is 3.52. The second-order valence-corrected chi connectivity index (χ2v) is 4.89. The Bertz CT molecular complexity index is 713. The smallest absolute Gasteiger partial charge is 0.416 e. The van der Waals surface area contributed by atoms with Gasteiger partial charge >= 0.3 is 6.18 Å². The fourth-order valence-electron chi connectivity index (χ4n) is 2.43. The van der Waals surface area contributed by atoms with Crippen molar-refractivity contribution in [3.63, 3.8) is 0 Å². The number of anilines is 1. The maximum atomic E-state index is 13.1. The minimum absolute atomic E-state index is 0.0556. The van der Waals surface area contributed by atoms with Gasteiger partial charge < -0.3 is 9.64 Å². The van der Waals surface area contributed by atoms with Crippen LogP contribution in [0.1, 0.15) is 11.1 Å². The SMILES string of the molecule is O=C1COc2ccccc2N1Cc1ccccc1C(F)(F)F. The van der Waals surface area contributed by atoms with Gasteiger partial charge in [-0.1, -0.05) is 30.3 Å². The Morgan fingerprint density at radius 1 is 1.05 bits per heavy atom. The normalized spacial score (nSPS) is 14.5. The van der Waals surface area contributed by atoms with E-state index in [2.05, 4.69) is 0 Å². The molecule has 0 radical (unpaired) electrons. The summed E-state index contributed by atoms with van der Waals surface area (Å²) in [6.07, 6.45) is -4.45. The van der Waals surface area contributed by atoms with E-state index in [-0.39, 0.29) is 24.6 Å². The van der Waals surface area contributed by atoms with Gasteiger partial charge in [0, 0.05) is 0 Å². The van der Waals surface area contributed by atoms with Gasteiger partial charge in [-0.15, -0.1) is 0 Å². The van der Waals surface area contributed by atoms with E-state index >= 15 is 0 Å². The highest BCUT2D eigenvalue weighted by Gasteiger charge is 2.34. The molecule has 3 rings (SSSR count). The Morgan fingerprint density at radius 2 is 1.73 bits per heavy atom. The number of fused-ring (bicyclic) bond motifs is 1. The largest absolute Gasteiger partial charge is 0.482 e. The van der Waals surface area contributed by atoms with Crippen molar-refractivity contribution in [1.82, 2.24) is 0 Å². The molecule has 0 unspecified atom stereocenters. The first-order chi connectivity index (χ1) is 10.5. The van der Waals surface area contributed by atoms with Crippen LogP contribution in [-0.4, -0.2) is 12.5 Å². The van der Waals surface area contributed by atoms with Crippen LogP contribution < -0.4 is 9.64 Å². The number of halogens is 3. The quantitative estimate of drug-likeness (QED) is 0.848. The van der Waals surface area contributed by atoms with Gasteiger partial charge in [0.15, 0.2) is 6.61 Å². The third kappa shape index (κ3) is 2.64. The maximum Gasteiger partial charge on any atom is 0.416 e. The summed E-state index contributed by atoms with van der Waals surface area (Å²) < 4.78 is 44.5. The van der Waals surface area contributed by atoms with E-state index in [9.17, 15) is 18.0 Å². The van der Waals surface area contributed by atoms with Crippen LogP contribution in [0.25, 0.3) is 0 Å². The van der Waals surface area contributed by atoms with Crippen molar-refractivity contribution in [2.24, 2.45) is 0 Å². The first-order valence-electron chi connectivity index (χ1n) is 6.64. The predicted octanol–water partition coefficient (Wildman–Crippen LogP) is 3.63. The summed E-state index contributed by atoms with van der Waals surface area (Å²) in [7, 11) is 0. The van der Waals surface area contributed by atoms with Crippen LogP contribution in [-0.2, 0) is 17.5 Å². The number of para-hydroxylation sites is 2. The lowest BCUT2D eigenvalue weighted by Gasteiger charge is -2.30. The highest BCUT2D eigenvalue weighted by atomic mass is 19.4. The number of carbonyl (C=O) groups excluding carboxylic acids is 1. The summed E-state index contributed by atoms with van der Waals surface area (Å²) in [6, 6.07) is 12.1. The molecule has 1 heterocycles. The zero-order chi connectivity index (χ0) is 15.7. The first kappa shape index (κ1) is 14.4. The first-order valence-corrected chi connectivity index (χ1v) is 6.64. The number of hydrogen-bond acceptors (Lipinski definition) is 2. The molecule has 2 aromatic rings. The van der Waals surface area contributed by atoms with Crippen molar-refractivity contribution >= 4 is 11.6 Å². The summed E-state index contributed by atoms with van der Waals surface area (Å²) in [5.41, 5.74) is -0.192. The summed E-state index contributed by atoms with van der Waals surface area (Å²) in [5, 5.41) is 0. The summed E-state index contributed by atoms with van der Waals surface area (Å²) in [6.45, 7) is -0.319. The molecule has 3 nitrogen and oxygen atoms in total. The van der Waals surface area contributed by atoms with E-state index in [1.54, 1.807) is 24.3 Å². The molecule has 0 fully saturated rings. The molecule has 0 aromatic heterocycles. The molecule has 0 bridgehead atoms. The average molecular weight is 307 g/mol. The highest BCUT2D eigenvalue weighted by Crippen LogP contribution is 2.36. The molecule has 1 aliphatic rings. The monoisotopic (exact) mass is 307 g/mol. The van der Waals surface area contributed by atoms with E-state index in [1.807, 2.05) is 0 Å². The highest BCUT2D eigenvalue weighted by molar-refractivity contribution is 5.97. The number of alkyl halides is 3. The van der Waals surface area contributed by atoms with E-state index in [4.69, 9.17) is 4.74 Å². The van der Waals surface area contributed by atoms with Gasteiger partial charge in [-0.2, -0.15) is 13.2 Å². The van der Waals surface area contributed by atoms with Crippen molar-refractivity contribution in [3.05, 3.63) is 59.7 Å². The number of benzene rings is 2. The van der Waals surface area contributed by atoms with Crippen molar-refractivity contribution in [3.8, 4) is 5.75 Å². The van der Waals surface area contributed by atoms with Gasteiger partial charge in [0.05, 0.1) is 17.8 Å². The van der Waals surface area contributed by atoms with Gasteiger partial charge in [-0.25, -0.2) is 0 Å². The minimum atomic E-state index is -4.45. The third-order valence-corrected chi connectivity index (χ3v) is 3.46. The summed E-state index contributed by atoms with van der Waals surface area (Å²) >= 11 is 0. The van der Waals surface area contributed by atoms with E-state index < -0.39 is 11.7 Å². The third-order valence-electron chi connectivity index (χ3n) is 3.46.